The zero-order chi connectivity index (χ0) is 28.1. The molecule has 0 fully saturated rings. The first kappa shape index (κ1) is 29.4. The minimum absolute atomic E-state index is 0.0762. The normalized spacial score (nSPS) is 12.5. The molecule has 1 N–H and O–H groups in total. The number of carbonyl (C=O) groups is 2. The first-order chi connectivity index (χ1) is 17.8. The first-order valence-electron chi connectivity index (χ1n) is 12.3. The maximum Gasteiger partial charge on any atom is 0.264 e. The summed E-state index contributed by atoms with van der Waals surface area (Å²) in [6.07, 6.45) is 0. The summed E-state index contributed by atoms with van der Waals surface area (Å²) in [5, 5.41) is 2.93. The molecule has 0 aliphatic rings. The molecule has 0 aliphatic heterocycles. The van der Waals surface area contributed by atoms with Gasteiger partial charge in [-0.1, -0.05) is 58.4 Å². The molecule has 0 radical (unpaired) electrons. The van der Waals surface area contributed by atoms with Crippen LogP contribution in [0.2, 0.25) is 0 Å². The van der Waals surface area contributed by atoms with Crippen molar-refractivity contribution in [1.82, 2.24) is 10.2 Å². The molecular formula is C29H34BrN3O4S. The van der Waals surface area contributed by atoms with Crippen molar-refractivity contribution in [1.29, 1.82) is 0 Å². The summed E-state index contributed by atoms with van der Waals surface area (Å²) in [6.45, 7) is 8.78. The van der Waals surface area contributed by atoms with Crippen LogP contribution in [0.3, 0.4) is 0 Å². The van der Waals surface area contributed by atoms with Crippen molar-refractivity contribution in [2.75, 3.05) is 10.8 Å². The van der Waals surface area contributed by atoms with E-state index in [0.717, 1.165) is 19.9 Å². The quantitative estimate of drug-likeness (QED) is 0.362. The van der Waals surface area contributed by atoms with E-state index < -0.39 is 34.1 Å². The summed E-state index contributed by atoms with van der Waals surface area (Å²) in [6, 6.07) is 21.6. The van der Waals surface area contributed by atoms with Gasteiger partial charge in [0.15, 0.2) is 0 Å². The highest BCUT2D eigenvalue weighted by atomic mass is 79.9. The highest BCUT2D eigenvalue weighted by molar-refractivity contribution is 9.10. The molecule has 0 saturated carbocycles. The van der Waals surface area contributed by atoms with Crippen molar-refractivity contribution >= 4 is 43.5 Å². The number of sulfonamides is 1. The van der Waals surface area contributed by atoms with Crippen LogP contribution >= 0.6 is 15.9 Å². The minimum atomic E-state index is -4.07. The van der Waals surface area contributed by atoms with Gasteiger partial charge in [0.05, 0.1) is 10.6 Å². The fourth-order valence-electron chi connectivity index (χ4n) is 3.87. The Kier molecular flexibility index (Phi) is 9.38. The molecule has 202 valence electrons. The molecule has 0 saturated heterocycles. The van der Waals surface area contributed by atoms with Gasteiger partial charge in [-0.25, -0.2) is 8.42 Å². The Morgan fingerprint density at radius 3 is 2.16 bits per heavy atom. The van der Waals surface area contributed by atoms with E-state index in [1.165, 1.54) is 17.0 Å². The number of hydrogen-bond donors (Lipinski definition) is 1. The van der Waals surface area contributed by atoms with Crippen molar-refractivity contribution < 1.29 is 18.0 Å². The van der Waals surface area contributed by atoms with Crippen LogP contribution in [0.4, 0.5) is 5.69 Å². The van der Waals surface area contributed by atoms with Gasteiger partial charge in [-0.05, 0) is 82.1 Å². The second-order valence-electron chi connectivity index (χ2n) is 10.2. The molecular weight excluding hydrogens is 566 g/mol. The van der Waals surface area contributed by atoms with Crippen molar-refractivity contribution in [2.45, 2.75) is 57.6 Å². The lowest BCUT2D eigenvalue weighted by Gasteiger charge is -2.33. The molecule has 38 heavy (non-hydrogen) atoms. The van der Waals surface area contributed by atoms with Crippen molar-refractivity contribution in [3.8, 4) is 0 Å². The standard InChI is InChI=1S/C29H34BrN3O4S/c1-21-10-9-11-25(18-21)33(38(36,37)26-12-7-6-8-13-26)20-27(34)32(19-23-14-16-24(30)17-15-23)22(2)28(35)31-29(3,4)5/h6-18,22H,19-20H2,1-5H3,(H,31,35). The van der Waals surface area contributed by atoms with Gasteiger partial charge < -0.3 is 10.2 Å². The van der Waals surface area contributed by atoms with Crippen LogP contribution in [0.25, 0.3) is 0 Å². The largest absolute Gasteiger partial charge is 0.350 e. The van der Waals surface area contributed by atoms with E-state index >= 15 is 0 Å². The van der Waals surface area contributed by atoms with E-state index in [9.17, 15) is 18.0 Å². The van der Waals surface area contributed by atoms with Gasteiger partial charge in [0.2, 0.25) is 11.8 Å². The van der Waals surface area contributed by atoms with Gasteiger partial charge in [0, 0.05) is 16.6 Å². The van der Waals surface area contributed by atoms with Crippen LogP contribution in [-0.2, 0) is 26.2 Å². The van der Waals surface area contributed by atoms with E-state index in [4.69, 9.17) is 0 Å². The topological polar surface area (TPSA) is 86.8 Å². The Hall–Kier alpha value is -3.17. The third kappa shape index (κ3) is 7.68. The number of benzene rings is 3. The fourth-order valence-corrected chi connectivity index (χ4v) is 5.57. The summed E-state index contributed by atoms with van der Waals surface area (Å²) in [5.74, 6) is -0.818. The van der Waals surface area contributed by atoms with E-state index in [1.807, 2.05) is 58.0 Å². The van der Waals surface area contributed by atoms with Gasteiger partial charge in [-0.15, -0.1) is 0 Å². The number of nitrogens with zero attached hydrogens (tertiary/aromatic N) is 2. The second kappa shape index (κ2) is 12.1. The number of rotatable bonds is 9. The monoisotopic (exact) mass is 599 g/mol. The maximum absolute atomic E-state index is 13.9. The van der Waals surface area contributed by atoms with E-state index in [-0.39, 0.29) is 17.3 Å². The minimum Gasteiger partial charge on any atom is -0.350 e. The predicted octanol–water partition coefficient (Wildman–Crippen LogP) is 5.28. The molecule has 0 aliphatic carbocycles. The van der Waals surface area contributed by atoms with Gasteiger partial charge in [-0.3, -0.25) is 13.9 Å². The molecule has 7 nitrogen and oxygen atoms in total. The molecule has 3 aromatic carbocycles. The van der Waals surface area contributed by atoms with Gasteiger partial charge in [0.25, 0.3) is 10.0 Å². The molecule has 1 atom stereocenters. The number of anilines is 1. The third-order valence-electron chi connectivity index (χ3n) is 5.83. The van der Waals surface area contributed by atoms with Crippen LogP contribution in [0, 0.1) is 6.92 Å². The molecule has 0 spiro atoms. The number of amides is 2. The van der Waals surface area contributed by atoms with Crippen LogP contribution in [0.1, 0.15) is 38.8 Å². The highest BCUT2D eigenvalue weighted by Crippen LogP contribution is 2.25. The molecule has 9 heteroatoms. The van der Waals surface area contributed by atoms with Crippen molar-refractivity contribution in [3.63, 3.8) is 0 Å². The summed E-state index contributed by atoms with van der Waals surface area (Å²) in [7, 11) is -4.07. The van der Waals surface area contributed by atoms with Crippen LogP contribution in [-0.4, -0.2) is 43.3 Å². The fraction of sp³-hybridized carbons (Fsp3) is 0.310. The Labute approximate surface area is 234 Å². The Bertz CT molecular complexity index is 1370. The van der Waals surface area contributed by atoms with Crippen LogP contribution < -0.4 is 9.62 Å². The lowest BCUT2D eigenvalue weighted by Crippen LogP contribution is -2.54. The Balaban J connectivity index is 2.02. The molecule has 3 rings (SSSR count). The van der Waals surface area contributed by atoms with Crippen LogP contribution in [0.5, 0.6) is 0 Å². The maximum atomic E-state index is 13.9. The average Bonchev–Trinajstić information content (AvgIpc) is 2.85. The molecule has 1 unspecified atom stereocenters. The number of halogens is 1. The molecule has 2 amide bonds. The number of aryl methyl sites for hydroxylation is 1. The average molecular weight is 601 g/mol. The summed E-state index contributed by atoms with van der Waals surface area (Å²) >= 11 is 3.42. The van der Waals surface area contributed by atoms with Crippen molar-refractivity contribution in [3.05, 3.63) is 94.5 Å². The first-order valence-corrected chi connectivity index (χ1v) is 14.5. The summed E-state index contributed by atoms with van der Waals surface area (Å²) < 4.78 is 29.5. The third-order valence-corrected chi connectivity index (χ3v) is 8.15. The van der Waals surface area contributed by atoms with Gasteiger partial charge >= 0.3 is 0 Å². The molecule has 3 aromatic rings. The zero-order valence-electron chi connectivity index (χ0n) is 22.3. The highest BCUT2D eigenvalue weighted by Gasteiger charge is 2.33. The second-order valence-corrected chi connectivity index (χ2v) is 13.0. The Morgan fingerprint density at radius 2 is 1.58 bits per heavy atom. The lowest BCUT2D eigenvalue weighted by atomic mass is 10.1. The van der Waals surface area contributed by atoms with E-state index in [1.54, 1.807) is 43.3 Å². The lowest BCUT2D eigenvalue weighted by molar-refractivity contribution is -0.140. The molecule has 0 heterocycles. The number of carbonyl (C=O) groups excluding carboxylic acids is 2. The zero-order valence-corrected chi connectivity index (χ0v) is 24.7. The van der Waals surface area contributed by atoms with Gasteiger partial charge in [-0.2, -0.15) is 0 Å². The van der Waals surface area contributed by atoms with Crippen molar-refractivity contribution in [2.24, 2.45) is 0 Å². The SMILES string of the molecule is Cc1cccc(N(CC(=O)N(Cc2ccc(Br)cc2)C(C)C(=O)NC(C)(C)C)S(=O)(=O)c2ccccc2)c1. The molecule has 0 bridgehead atoms. The summed E-state index contributed by atoms with van der Waals surface area (Å²) in [4.78, 5) is 28.5. The van der Waals surface area contributed by atoms with Crippen LogP contribution in [0.15, 0.2) is 88.2 Å². The number of nitrogens with one attached hydrogen (secondary N) is 1. The smallest absolute Gasteiger partial charge is 0.264 e. The summed E-state index contributed by atoms with van der Waals surface area (Å²) in [5.41, 5.74) is 1.54. The molecule has 0 aromatic heterocycles. The Morgan fingerprint density at radius 1 is 0.947 bits per heavy atom. The van der Waals surface area contributed by atoms with Gasteiger partial charge in [0.1, 0.15) is 12.6 Å². The van der Waals surface area contributed by atoms with E-state index in [0.29, 0.717) is 5.69 Å². The number of hydrogen-bond acceptors (Lipinski definition) is 4. The van der Waals surface area contributed by atoms with E-state index in [2.05, 4.69) is 21.2 Å². The predicted molar refractivity (Wildman–Crippen MR) is 154 cm³/mol.